The van der Waals surface area contributed by atoms with Crippen molar-refractivity contribution in [2.75, 3.05) is 27.9 Å². The van der Waals surface area contributed by atoms with Crippen molar-refractivity contribution in [2.24, 2.45) is 29.6 Å². The topological polar surface area (TPSA) is 149 Å². The second kappa shape index (κ2) is 23.1. The fourth-order valence-electron chi connectivity index (χ4n) is 12.0. The smallest absolute Gasteiger partial charge is 0.329 e. The van der Waals surface area contributed by atoms with Crippen molar-refractivity contribution < 1.29 is 56.8 Å². The standard InChI is InChI=1S/C55H99NO12Si2/c1-20-39-33-54(12)32-34(2)27-45(62-14)48-46(63-15)29-36(4)55(60,66-48)49(57)50(58)56-26-22-21-23-40(56)51(59)64-47(37(5)42(31-43(39)65-54)68-70(18,19)53(9,10)11)35(3)28-38-24-25-41(44(30-38)61-13)67-69(16,17)52(6,7)8/h28,34,36-48,60H,20-27,29-33H2,1-19H3/b35-28+/t34-,36-,37-,38+,39-,40+,41-,42+,43-,44-,45+,46+,47-,48-,54+,55-/m1/s1. The third-order valence-corrected chi connectivity index (χ3v) is 27.4. The fourth-order valence-corrected chi connectivity index (χ4v) is 14.8. The lowest BCUT2D eigenvalue weighted by Crippen LogP contribution is -2.64. The van der Waals surface area contributed by atoms with Crippen molar-refractivity contribution in [1.82, 2.24) is 4.90 Å². The zero-order chi connectivity index (χ0) is 52.5. The summed E-state index contributed by atoms with van der Waals surface area (Å²) in [5.41, 5.74) is 0.473. The third-order valence-electron chi connectivity index (χ3n) is 18.4. The van der Waals surface area contributed by atoms with E-state index >= 15 is 4.79 Å². The minimum absolute atomic E-state index is 0.00217. The molecule has 1 saturated carbocycles. The molecule has 0 unspecified atom stereocenters. The van der Waals surface area contributed by atoms with Crippen LogP contribution in [-0.4, -0.2) is 138 Å². The molecule has 4 heterocycles. The van der Waals surface area contributed by atoms with E-state index in [9.17, 15) is 14.7 Å². The molecule has 70 heavy (non-hydrogen) atoms. The molecule has 4 aliphatic heterocycles. The molecule has 1 aliphatic carbocycles. The Morgan fingerprint density at radius 3 is 1.93 bits per heavy atom. The van der Waals surface area contributed by atoms with E-state index < -0.39 is 82.1 Å². The van der Waals surface area contributed by atoms with Crippen LogP contribution in [0.4, 0.5) is 0 Å². The molecule has 5 rings (SSSR count). The summed E-state index contributed by atoms with van der Waals surface area (Å²) in [5.74, 6) is -5.67. The Labute approximate surface area is 426 Å². The highest BCUT2D eigenvalue weighted by Gasteiger charge is 2.57. The highest BCUT2D eigenvalue weighted by atomic mass is 28.4. The molecule has 5 fully saturated rings. The Hall–Kier alpha value is -1.54. The molecule has 4 bridgehead atoms. The van der Waals surface area contributed by atoms with Crippen LogP contribution >= 0.6 is 0 Å². The number of methoxy groups -OCH3 is 3. The molecule has 0 aromatic heterocycles. The van der Waals surface area contributed by atoms with Gasteiger partial charge in [-0.25, -0.2) is 4.79 Å². The van der Waals surface area contributed by atoms with Gasteiger partial charge >= 0.3 is 5.97 Å². The first-order chi connectivity index (χ1) is 32.3. The number of cyclic esters (lactones) is 1. The minimum atomic E-state index is -2.47. The maximum atomic E-state index is 15.1. The molecule has 0 aromatic rings. The summed E-state index contributed by atoms with van der Waals surface area (Å²) in [6.07, 6.45) is 7.23. The fraction of sp³-hybridized carbons (Fsp3) is 0.909. The summed E-state index contributed by atoms with van der Waals surface area (Å²) in [5, 5.41) is 12.3. The van der Waals surface area contributed by atoms with Crippen LogP contribution in [0.15, 0.2) is 11.6 Å². The Morgan fingerprint density at radius 1 is 0.771 bits per heavy atom. The quantitative estimate of drug-likeness (QED) is 0.0961. The van der Waals surface area contributed by atoms with Gasteiger partial charge < -0.3 is 47.3 Å². The van der Waals surface area contributed by atoms with Gasteiger partial charge in [-0.15, -0.1) is 0 Å². The van der Waals surface area contributed by atoms with Crippen molar-refractivity contribution in [3.05, 3.63) is 11.6 Å². The Bertz CT molecular complexity index is 1810. The molecule has 15 heteroatoms. The van der Waals surface area contributed by atoms with Crippen molar-refractivity contribution in [1.29, 1.82) is 0 Å². The molecule has 1 N–H and O–H groups in total. The number of aliphatic hydroxyl groups is 1. The van der Waals surface area contributed by atoms with E-state index in [1.165, 1.54) is 4.90 Å². The SMILES string of the molecule is CC[C@@H]1C[C@]2(C)C[C@H](C)C[C@H](OC)[C@H]3O[C@@](O)(C(=O)C(=O)N4CCCC[C@H]4C(=O)O[C@H](/C(C)=C/[C@@H]4CC[C@@H](O[Si](C)(C)C(C)(C)C)[C@H](OC)C4)[C@H](C)[C@@H](O[Si](C)(C)C(C)(C)C)C[C@H]1O2)[C@H](C)C[C@@H]3OC. The van der Waals surface area contributed by atoms with Gasteiger partial charge in [-0.1, -0.05) is 81.7 Å². The lowest BCUT2D eigenvalue weighted by molar-refractivity contribution is -0.302. The van der Waals surface area contributed by atoms with Gasteiger partial charge in [0.15, 0.2) is 16.6 Å². The van der Waals surface area contributed by atoms with Gasteiger partial charge in [-0.3, -0.25) is 9.59 Å². The predicted molar refractivity (Wildman–Crippen MR) is 279 cm³/mol. The zero-order valence-corrected chi connectivity index (χ0v) is 49.2. The van der Waals surface area contributed by atoms with E-state index in [0.717, 1.165) is 44.1 Å². The van der Waals surface area contributed by atoms with Crippen molar-refractivity contribution >= 4 is 34.3 Å². The number of hydrogen-bond donors (Lipinski definition) is 1. The van der Waals surface area contributed by atoms with E-state index in [0.29, 0.717) is 32.1 Å². The van der Waals surface area contributed by atoms with Crippen LogP contribution in [0, 0.1) is 29.6 Å². The molecule has 0 aromatic carbocycles. The molecular weight excluding hydrogens is 923 g/mol. The zero-order valence-electron chi connectivity index (χ0n) is 47.2. The molecule has 13 nitrogen and oxygen atoms in total. The van der Waals surface area contributed by atoms with Crippen LogP contribution in [0.3, 0.4) is 0 Å². The van der Waals surface area contributed by atoms with Gasteiger partial charge in [0.2, 0.25) is 5.79 Å². The second-order valence-electron chi connectivity index (χ2n) is 25.9. The lowest BCUT2D eigenvalue weighted by Gasteiger charge is -2.47. The molecule has 16 atom stereocenters. The average Bonchev–Trinajstić information content (AvgIpc) is 3.60. The summed E-state index contributed by atoms with van der Waals surface area (Å²) >= 11 is 0. The lowest BCUT2D eigenvalue weighted by atomic mass is 9.80. The van der Waals surface area contributed by atoms with Gasteiger partial charge in [-0.2, -0.15) is 0 Å². The normalized spacial score (nSPS) is 39.6. The van der Waals surface area contributed by atoms with Crippen LogP contribution in [0.25, 0.3) is 0 Å². The maximum absolute atomic E-state index is 15.1. The summed E-state index contributed by atoms with van der Waals surface area (Å²) in [6, 6.07) is -1.04. The highest BCUT2D eigenvalue weighted by Crippen LogP contribution is 2.48. The molecule has 5 aliphatic rings. The van der Waals surface area contributed by atoms with Gasteiger partial charge in [0.1, 0.15) is 18.2 Å². The highest BCUT2D eigenvalue weighted by molar-refractivity contribution is 6.74. The van der Waals surface area contributed by atoms with Gasteiger partial charge in [0, 0.05) is 39.7 Å². The van der Waals surface area contributed by atoms with Crippen LogP contribution in [0.5, 0.6) is 0 Å². The summed E-state index contributed by atoms with van der Waals surface area (Å²) in [6.45, 7) is 35.4. The summed E-state index contributed by atoms with van der Waals surface area (Å²) in [7, 11) is 0.485. The number of allylic oxidation sites excluding steroid dienone is 1. The second-order valence-corrected chi connectivity index (χ2v) is 35.4. The van der Waals surface area contributed by atoms with E-state index in [1.807, 2.05) is 0 Å². The first-order valence-corrected chi connectivity index (χ1v) is 32.9. The first kappa shape index (κ1) is 59.3. The summed E-state index contributed by atoms with van der Waals surface area (Å²) < 4.78 is 53.3. The third kappa shape index (κ3) is 13.3. The molecule has 4 saturated heterocycles. The number of nitrogens with zero attached hydrogens (tertiary/aromatic N) is 1. The van der Waals surface area contributed by atoms with E-state index in [4.69, 9.17) is 37.3 Å². The molecule has 1 amide bonds. The largest absolute Gasteiger partial charge is 0.456 e. The van der Waals surface area contributed by atoms with Crippen LogP contribution in [-0.2, 0) is 51.7 Å². The predicted octanol–water partition coefficient (Wildman–Crippen LogP) is 10.6. The van der Waals surface area contributed by atoms with Crippen molar-refractivity contribution in [3.63, 3.8) is 0 Å². The van der Waals surface area contributed by atoms with Gasteiger partial charge in [-0.05, 0) is 144 Å². The molecule has 0 radical (unpaired) electrons. The number of fused-ring (bicyclic) bond motifs is 5. The number of hydrogen-bond acceptors (Lipinski definition) is 12. The number of piperidine rings is 1. The number of ketones is 1. The van der Waals surface area contributed by atoms with Crippen LogP contribution in [0.1, 0.15) is 160 Å². The van der Waals surface area contributed by atoms with Gasteiger partial charge in [0.25, 0.3) is 11.7 Å². The Morgan fingerprint density at radius 2 is 1.36 bits per heavy atom. The average molecular weight is 1020 g/mol. The number of carbonyl (C=O) groups excluding carboxylic acids is 3. The number of amides is 1. The Balaban J connectivity index is 1.61. The number of esters is 1. The minimum Gasteiger partial charge on any atom is -0.456 e. The molecule has 0 spiro atoms. The first-order valence-electron chi connectivity index (χ1n) is 27.1. The maximum Gasteiger partial charge on any atom is 0.329 e. The number of ether oxygens (including phenoxy) is 6. The van der Waals surface area contributed by atoms with Crippen molar-refractivity contribution in [3.8, 4) is 0 Å². The van der Waals surface area contributed by atoms with E-state index in [-0.39, 0.29) is 71.1 Å². The number of Topliss-reactive ketones (excluding diaryl/α,β-unsaturated/α-hetero) is 1. The van der Waals surface area contributed by atoms with Crippen LogP contribution < -0.4 is 0 Å². The Kier molecular flexibility index (Phi) is 19.6. The summed E-state index contributed by atoms with van der Waals surface area (Å²) in [4.78, 5) is 45.7. The van der Waals surface area contributed by atoms with Crippen molar-refractivity contribution in [2.45, 2.75) is 263 Å². The number of carbonyl (C=O) groups is 3. The van der Waals surface area contributed by atoms with Crippen LogP contribution in [0.2, 0.25) is 36.3 Å². The molecule has 404 valence electrons. The number of rotatable bonds is 10. The monoisotopic (exact) mass is 1020 g/mol. The molecular formula is C55H99NO12Si2. The van der Waals surface area contributed by atoms with Gasteiger partial charge in [0.05, 0.1) is 42.2 Å². The van der Waals surface area contributed by atoms with E-state index in [1.54, 1.807) is 28.3 Å². The van der Waals surface area contributed by atoms with E-state index in [2.05, 4.69) is 108 Å².